The first-order valence-corrected chi connectivity index (χ1v) is 9.53. The minimum absolute atomic E-state index is 0.0716. The molecule has 5 heteroatoms. The summed E-state index contributed by atoms with van der Waals surface area (Å²) in [7, 11) is -3.57. The number of sulfonamides is 1. The van der Waals surface area contributed by atoms with Crippen molar-refractivity contribution in [2.24, 2.45) is 0 Å². The fraction of sp³-hybridized carbons (Fsp3) is 0.316. The summed E-state index contributed by atoms with van der Waals surface area (Å²) in [5, 5.41) is 0. The van der Waals surface area contributed by atoms with Gasteiger partial charge in [0.15, 0.2) is 5.78 Å². The van der Waals surface area contributed by atoms with Crippen LogP contribution in [0.2, 0.25) is 0 Å². The Labute approximate surface area is 143 Å². The standard InChI is InChI=1S/C19H21NO3S/c1-14-5-7-17(8-6-14)19-4-3-13-20(19)24(22,23)18-11-9-16(10-12-18)15(2)21/h5-12,19H,3-4,13H2,1-2H3/t19-/m0/s1. The molecule has 1 heterocycles. The predicted molar refractivity (Wildman–Crippen MR) is 93.5 cm³/mol. The zero-order chi connectivity index (χ0) is 17.3. The van der Waals surface area contributed by atoms with E-state index in [4.69, 9.17) is 0 Å². The molecule has 1 atom stereocenters. The highest BCUT2D eigenvalue weighted by atomic mass is 32.2. The zero-order valence-electron chi connectivity index (χ0n) is 13.9. The lowest BCUT2D eigenvalue weighted by molar-refractivity contribution is 0.101. The van der Waals surface area contributed by atoms with E-state index in [0.29, 0.717) is 12.1 Å². The maximum absolute atomic E-state index is 13.0. The van der Waals surface area contributed by atoms with Crippen LogP contribution in [0.5, 0.6) is 0 Å². The van der Waals surface area contributed by atoms with Gasteiger partial charge >= 0.3 is 0 Å². The highest BCUT2D eigenvalue weighted by molar-refractivity contribution is 7.89. The van der Waals surface area contributed by atoms with Crippen molar-refractivity contribution in [2.75, 3.05) is 6.54 Å². The van der Waals surface area contributed by atoms with Gasteiger partial charge in [0.05, 0.1) is 10.9 Å². The molecule has 1 aliphatic rings. The van der Waals surface area contributed by atoms with Gasteiger partial charge in [0.1, 0.15) is 0 Å². The first-order valence-electron chi connectivity index (χ1n) is 8.09. The first-order chi connectivity index (χ1) is 11.4. The highest BCUT2D eigenvalue weighted by Gasteiger charge is 2.36. The van der Waals surface area contributed by atoms with Gasteiger partial charge in [-0.05, 0) is 44.4 Å². The topological polar surface area (TPSA) is 54.5 Å². The van der Waals surface area contributed by atoms with Gasteiger partial charge in [-0.25, -0.2) is 8.42 Å². The van der Waals surface area contributed by atoms with E-state index in [2.05, 4.69) is 0 Å². The van der Waals surface area contributed by atoms with Gasteiger partial charge in [-0.2, -0.15) is 4.31 Å². The van der Waals surface area contributed by atoms with Crippen molar-refractivity contribution in [3.8, 4) is 0 Å². The van der Waals surface area contributed by atoms with Crippen molar-refractivity contribution >= 4 is 15.8 Å². The Kier molecular flexibility index (Phi) is 4.56. The third-order valence-corrected chi connectivity index (χ3v) is 6.46. The third kappa shape index (κ3) is 3.14. The van der Waals surface area contributed by atoms with Gasteiger partial charge in [0.25, 0.3) is 0 Å². The molecule has 2 aromatic carbocycles. The van der Waals surface area contributed by atoms with Crippen LogP contribution in [0.3, 0.4) is 0 Å². The molecule has 0 aliphatic carbocycles. The Hall–Kier alpha value is -1.98. The van der Waals surface area contributed by atoms with Crippen LogP contribution in [-0.4, -0.2) is 25.1 Å². The van der Waals surface area contributed by atoms with Gasteiger partial charge in [0.2, 0.25) is 10.0 Å². The molecule has 24 heavy (non-hydrogen) atoms. The molecule has 2 aromatic rings. The Balaban J connectivity index is 1.93. The molecule has 0 spiro atoms. The molecule has 0 saturated carbocycles. The quantitative estimate of drug-likeness (QED) is 0.795. The van der Waals surface area contributed by atoms with Crippen LogP contribution in [0, 0.1) is 6.92 Å². The predicted octanol–water partition coefficient (Wildman–Crippen LogP) is 3.72. The van der Waals surface area contributed by atoms with Crippen LogP contribution in [0.15, 0.2) is 53.4 Å². The second kappa shape index (κ2) is 6.49. The van der Waals surface area contributed by atoms with E-state index in [-0.39, 0.29) is 16.7 Å². The molecule has 0 aromatic heterocycles. The smallest absolute Gasteiger partial charge is 0.243 e. The average Bonchev–Trinajstić information content (AvgIpc) is 3.06. The van der Waals surface area contributed by atoms with Crippen molar-refractivity contribution in [2.45, 2.75) is 37.6 Å². The zero-order valence-corrected chi connectivity index (χ0v) is 14.7. The van der Waals surface area contributed by atoms with E-state index >= 15 is 0 Å². The van der Waals surface area contributed by atoms with E-state index < -0.39 is 10.0 Å². The van der Waals surface area contributed by atoms with Crippen LogP contribution >= 0.6 is 0 Å². The molecule has 1 aliphatic heterocycles. The number of Topliss-reactive ketones (excluding diaryl/α,β-unsaturated/α-hetero) is 1. The van der Waals surface area contributed by atoms with Gasteiger partial charge in [-0.15, -0.1) is 0 Å². The number of nitrogens with zero attached hydrogens (tertiary/aromatic N) is 1. The van der Waals surface area contributed by atoms with Crippen molar-refractivity contribution < 1.29 is 13.2 Å². The molecule has 1 fully saturated rings. The summed E-state index contributed by atoms with van der Waals surface area (Å²) in [6.45, 7) is 4.01. The molecule has 0 unspecified atom stereocenters. The molecule has 126 valence electrons. The largest absolute Gasteiger partial charge is 0.295 e. The summed E-state index contributed by atoms with van der Waals surface area (Å²) in [6.07, 6.45) is 1.68. The van der Waals surface area contributed by atoms with Crippen LogP contribution in [0.25, 0.3) is 0 Å². The molecular weight excluding hydrogens is 322 g/mol. The molecule has 0 N–H and O–H groups in total. The summed E-state index contributed by atoms with van der Waals surface area (Å²) < 4.78 is 27.6. The molecule has 0 amide bonds. The summed E-state index contributed by atoms with van der Waals surface area (Å²) in [5.41, 5.74) is 2.71. The lowest BCUT2D eigenvalue weighted by atomic mass is 10.0. The SMILES string of the molecule is CC(=O)c1ccc(S(=O)(=O)N2CCC[C@H]2c2ccc(C)cc2)cc1. The number of carbonyl (C=O) groups excluding carboxylic acids is 1. The Morgan fingerprint density at radius 1 is 1.04 bits per heavy atom. The van der Waals surface area contributed by atoms with Crippen molar-refractivity contribution in [1.82, 2.24) is 4.31 Å². The fourth-order valence-corrected chi connectivity index (χ4v) is 4.83. The maximum atomic E-state index is 13.0. The minimum Gasteiger partial charge on any atom is -0.295 e. The summed E-state index contributed by atoms with van der Waals surface area (Å²) in [6, 6.07) is 14.1. The number of ketones is 1. The Bertz CT molecular complexity index is 839. The molecular formula is C19H21NO3S. The number of carbonyl (C=O) groups is 1. The van der Waals surface area contributed by atoms with Gasteiger partial charge < -0.3 is 0 Å². The van der Waals surface area contributed by atoms with E-state index in [1.807, 2.05) is 31.2 Å². The van der Waals surface area contributed by atoms with E-state index in [1.165, 1.54) is 19.1 Å². The second-order valence-electron chi connectivity index (χ2n) is 6.27. The normalized spacial score (nSPS) is 18.7. The van der Waals surface area contributed by atoms with Crippen LogP contribution in [-0.2, 0) is 10.0 Å². The first kappa shape index (κ1) is 16.9. The van der Waals surface area contributed by atoms with E-state index in [0.717, 1.165) is 24.0 Å². The van der Waals surface area contributed by atoms with E-state index in [1.54, 1.807) is 16.4 Å². The lowest BCUT2D eigenvalue weighted by Gasteiger charge is -2.24. The number of rotatable bonds is 4. The van der Waals surface area contributed by atoms with Crippen molar-refractivity contribution in [1.29, 1.82) is 0 Å². The fourth-order valence-electron chi connectivity index (χ4n) is 3.15. The average molecular weight is 343 g/mol. The monoisotopic (exact) mass is 343 g/mol. The van der Waals surface area contributed by atoms with Gasteiger partial charge in [-0.1, -0.05) is 42.0 Å². The maximum Gasteiger partial charge on any atom is 0.243 e. The number of aryl methyl sites for hydroxylation is 1. The summed E-state index contributed by atoms with van der Waals surface area (Å²) >= 11 is 0. The summed E-state index contributed by atoms with van der Waals surface area (Å²) in [4.78, 5) is 11.6. The molecule has 0 radical (unpaired) electrons. The number of hydrogen-bond acceptors (Lipinski definition) is 3. The molecule has 4 nitrogen and oxygen atoms in total. The molecule has 0 bridgehead atoms. The van der Waals surface area contributed by atoms with Crippen LogP contribution in [0.1, 0.15) is 47.3 Å². The second-order valence-corrected chi connectivity index (χ2v) is 8.16. The number of hydrogen-bond donors (Lipinski definition) is 0. The van der Waals surface area contributed by atoms with E-state index in [9.17, 15) is 13.2 Å². The van der Waals surface area contributed by atoms with Gasteiger partial charge in [0, 0.05) is 12.1 Å². The lowest BCUT2D eigenvalue weighted by Crippen LogP contribution is -2.30. The van der Waals surface area contributed by atoms with Crippen LogP contribution in [0.4, 0.5) is 0 Å². The third-order valence-electron chi connectivity index (χ3n) is 4.53. The molecule has 3 rings (SSSR count). The van der Waals surface area contributed by atoms with Crippen molar-refractivity contribution in [3.05, 3.63) is 65.2 Å². The minimum atomic E-state index is -3.57. The van der Waals surface area contributed by atoms with Gasteiger partial charge in [-0.3, -0.25) is 4.79 Å². The van der Waals surface area contributed by atoms with Crippen molar-refractivity contribution in [3.63, 3.8) is 0 Å². The Morgan fingerprint density at radius 3 is 2.25 bits per heavy atom. The highest BCUT2D eigenvalue weighted by Crippen LogP contribution is 2.36. The number of benzene rings is 2. The Morgan fingerprint density at radius 2 is 1.67 bits per heavy atom. The summed E-state index contributed by atoms with van der Waals surface area (Å²) in [5.74, 6) is -0.0716. The molecule has 1 saturated heterocycles. The van der Waals surface area contributed by atoms with Crippen LogP contribution < -0.4 is 0 Å².